The summed E-state index contributed by atoms with van der Waals surface area (Å²) >= 11 is 0. The van der Waals surface area contributed by atoms with Gasteiger partial charge in [-0.25, -0.2) is 4.39 Å². The predicted octanol–water partition coefficient (Wildman–Crippen LogP) is 2.36. The van der Waals surface area contributed by atoms with Crippen LogP contribution in [0.4, 0.5) is 4.39 Å². The number of carboxylic acid groups (broad SMARTS) is 1. The van der Waals surface area contributed by atoms with Crippen LogP contribution >= 0.6 is 0 Å². The molecule has 0 saturated carbocycles. The van der Waals surface area contributed by atoms with Crippen molar-refractivity contribution in [3.05, 3.63) is 23.3 Å². The quantitative estimate of drug-likeness (QED) is 0.861. The maximum absolute atomic E-state index is 13.3. The maximum atomic E-state index is 13.3. The summed E-state index contributed by atoms with van der Waals surface area (Å²) in [7, 11) is 2.84. The molecule has 0 radical (unpaired) electrons. The molecule has 17 heavy (non-hydrogen) atoms. The van der Waals surface area contributed by atoms with E-state index in [9.17, 15) is 9.18 Å². The fraction of sp³-hybridized carbons (Fsp3) is 0.417. The molecule has 1 rings (SSSR count). The molecule has 1 atom stereocenters. The van der Waals surface area contributed by atoms with Crippen molar-refractivity contribution in [3.63, 3.8) is 0 Å². The number of methoxy groups -OCH3 is 2. The van der Waals surface area contributed by atoms with Crippen molar-refractivity contribution in [3.8, 4) is 11.5 Å². The van der Waals surface area contributed by atoms with Crippen LogP contribution in [-0.4, -0.2) is 25.3 Å². The highest BCUT2D eigenvalue weighted by molar-refractivity contribution is 5.72. The fourth-order valence-electron chi connectivity index (χ4n) is 1.59. The van der Waals surface area contributed by atoms with Crippen LogP contribution in [-0.2, 0) is 11.2 Å². The molecule has 94 valence electrons. The number of carboxylic acids is 1. The molecule has 0 aliphatic carbocycles. The van der Waals surface area contributed by atoms with Crippen molar-refractivity contribution < 1.29 is 23.8 Å². The lowest BCUT2D eigenvalue weighted by Crippen LogP contribution is -2.05. The van der Waals surface area contributed by atoms with Crippen LogP contribution in [0.25, 0.3) is 0 Å². The van der Waals surface area contributed by atoms with E-state index in [2.05, 4.69) is 0 Å². The molecule has 1 aromatic carbocycles. The van der Waals surface area contributed by atoms with Crippen molar-refractivity contribution in [2.75, 3.05) is 14.2 Å². The van der Waals surface area contributed by atoms with Gasteiger partial charge in [-0.15, -0.1) is 0 Å². The first-order chi connectivity index (χ1) is 7.99. The Labute approximate surface area is 99.0 Å². The minimum atomic E-state index is -1.19. The Morgan fingerprint density at radius 2 is 2.06 bits per heavy atom. The van der Waals surface area contributed by atoms with E-state index in [4.69, 9.17) is 14.6 Å². The highest BCUT2D eigenvalue weighted by Gasteiger charge is 2.17. The van der Waals surface area contributed by atoms with E-state index in [0.29, 0.717) is 22.6 Å². The minimum Gasteiger partial charge on any atom is -0.493 e. The second kappa shape index (κ2) is 5.52. The van der Waals surface area contributed by atoms with Gasteiger partial charge in [0.25, 0.3) is 0 Å². The highest BCUT2D eigenvalue weighted by atomic mass is 19.1. The van der Waals surface area contributed by atoms with Crippen LogP contribution in [0.2, 0.25) is 0 Å². The van der Waals surface area contributed by atoms with E-state index in [1.165, 1.54) is 33.3 Å². The Morgan fingerprint density at radius 1 is 1.41 bits per heavy atom. The average molecular weight is 242 g/mol. The topological polar surface area (TPSA) is 55.8 Å². The van der Waals surface area contributed by atoms with Gasteiger partial charge in [0.2, 0.25) is 0 Å². The molecular formula is C12H15FO4. The number of ether oxygens (including phenoxy) is 2. The largest absolute Gasteiger partial charge is 0.493 e. The molecule has 1 unspecified atom stereocenters. The van der Waals surface area contributed by atoms with E-state index in [0.717, 1.165) is 0 Å². The van der Waals surface area contributed by atoms with Crippen LogP contribution in [0, 0.1) is 0 Å². The summed E-state index contributed by atoms with van der Waals surface area (Å²) in [6.45, 7) is 1.38. The second-order valence-corrected chi connectivity index (χ2v) is 3.60. The number of benzene rings is 1. The molecule has 1 N–H and O–H groups in total. The third kappa shape index (κ3) is 3.09. The Bertz CT molecular complexity index is 415. The molecule has 0 aliphatic heterocycles. The molecule has 0 saturated heterocycles. The third-order valence-corrected chi connectivity index (χ3v) is 2.38. The van der Waals surface area contributed by atoms with Gasteiger partial charge in [-0.3, -0.25) is 4.79 Å². The Balaban J connectivity index is 3.31. The van der Waals surface area contributed by atoms with Gasteiger partial charge in [0, 0.05) is 5.56 Å². The number of aliphatic carboxylic acids is 1. The summed E-state index contributed by atoms with van der Waals surface area (Å²) in [4.78, 5) is 10.7. The van der Waals surface area contributed by atoms with Crippen molar-refractivity contribution in [2.24, 2.45) is 0 Å². The van der Waals surface area contributed by atoms with Crippen LogP contribution in [0.5, 0.6) is 11.5 Å². The first kappa shape index (κ1) is 13.3. The molecule has 0 bridgehead atoms. The zero-order valence-electron chi connectivity index (χ0n) is 9.99. The maximum Gasteiger partial charge on any atom is 0.307 e. The van der Waals surface area contributed by atoms with E-state index < -0.39 is 12.1 Å². The van der Waals surface area contributed by atoms with Gasteiger partial charge in [0.1, 0.15) is 6.17 Å². The summed E-state index contributed by atoms with van der Waals surface area (Å²) in [6.07, 6.45) is -1.43. The number of halogens is 1. The molecule has 0 heterocycles. The lowest BCUT2D eigenvalue weighted by atomic mass is 10.0. The van der Waals surface area contributed by atoms with Gasteiger partial charge in [-0.05, 0) is 24.6 Å². The van der Waals surface area contributed by atoms with E-state index >= 15 is 0 Å². The SMILES string of the molecule is COc1cc(C(C)F)cc(CC(=O)O)c1OC. The van der Waals surface area contributed by atoms with Crippen LogP contribution in [0.3, 0.4) is 0 Å². The van der Waals surface area contributed by atoms with Crippen molar-refractivity contribution in [1.82, 2.24) is 0 Å². The van der Waals surface area contributed by atoms with Gasteiger partial charge < -0.3 is 14.6 Å². The number of carbonyl (C=O) groups is 1. The summed E-state index contributed by atoms with van der Waals surface area (Å²) in [5, 5.41) is 8.79. The first-order valence-electron chi connectivity index (χ1n) is 5.10. The third-order valence-electron chi connectivity index (χ3n) is 2.38. The molecule has 0 amide bonds. The Hall–Kier alpha value is -1.78. The molecule has 1 aromatic rings. The Kier molecular flexibility index (Phi) is 4.31. The van der Waals surface area contributed by atoms with Gasteiger partial charge in [-0.2, -0.15) is 0 Å². The van der Waals surface area contributed by atoms with Crippen molar-refractivity contribution in [2.45, 2.75) is 19.5 Å². The average Bonchev–Trinajstić information content (AvgIpc) is 2.26. The predicted molar refractivity (Wildman–Crippen MR) is 60.4 cm³/mol. The number of hydrogen-bond acceptors (Lipinski definition) is 3. The van der Waals surface area contributed by atoms with Crippen molar-refractivity contribution >= 4 is 5.97 Å². The van der Waals surface area contributed by atoms with Gasteiger partial charge in [-0.1, -0.05) is 0 Å². The van der Waals surface area contributed by atoms with Gasteiger partial charge >= 0.3 is 5.97 Å². The van der Waals surface area contributed by atoms with Crippen molar-refractivity contribution in [1.29, 1.82) is 0 Å². The standard InChI is InChI=1S/C12H15FO4/c1-7(13)8-4-9(6-11(14)15)12(17-3)10(5-8)16-2/h4-5,7H,6H2,1-3H3,(H,14,15). The molecule has 5 heteroatoms. The van der Waals surface area contributed by atoms with Crippen LogP contribution in [0.1, 0.15) is 24.2 Å². The summed E-state index contributed by atoms with van der Waals surface area (Å²) in [5.74, 6) is -0.334. The molecule has 4 nitrogen and oxygen atoms in total. The second-order valence-electron chi connectivity index (χ2n) is 3.60. The smallest absolute Gasteiger partial charge is 0.307 e. The zero-order chi connectivity index (χ0) is 13.0. The van der Waals surface area contributed by atoms with Gasteiger partial charge in [0.15, 0.2) is 11.5 Å². The normalized spacial score (nSPS) is 12.0. The molecule has 0 aliphatic rings. The first-order valence-corrected chi connectivity index (χ1v) is 5.10. The molecular weight excluding hydrogens is 227 g/mol. The summed E-state index contributed by atoms with van der Waals surface area (Å²) in [5.41, 5.74) is 0.776. The molecule has 0 spiro atoms. The molecule has 0 fully saturated rings. The van der Waals surface area contributed by atoms with Crippen LogP contribution < -0.4 is 9.47 Å². The van der Waals surface area contributed by atoms with E-state index in [1.807, 2.05) is 0 Å². The summed E-state index contributed by atoms with van der Waals surface area (Å²) < 4.78 is 23.4. The number of hydrogen-bond donors (Lipinski definition) is 1. The zero-order valence-corrected chi connectivity index (χ0v) is 9.99. The monoisotopic (exact) mass is 242 g/mol. The summed E-state index contributed by atoms with van der Waals surface area (Å²) in [6, 6.07) is 3.00. The fourth-order valence-corrected chi connectivity index (χ4v) is 1.59. The number of alkyl halides is 1. The van der Waals surface area contributed by atoms with Crippen LogP contribution in [0.15, 0.2) is 12.1 Å². The van der Waals surface area contributed by atoms with E-state index in [-0.39, 0.29) is 6.42 Å². The Morgan fingerprint density at radius 3 is 2.47 bits per heavy atom. The molecule has 0 aromatic heterocycles. The lowest BCUT2D eigenvalue weighted by Gasteiger charge is -2.14. The highest BCUT2D eigenvalue weighted by Crippen LogP contribution is 2.35. The minimum absolute atomic E-state index is 0.236. The lowest BCUT2D eigenvalue weighted by molar-refractivity contribution is -0.136. The number of rotatable bonds is 5. The van der Waals surface area contributed by atoms with E-state index in [1.54, 1.807) is 0 Å². The van der Waals surface area contributed by atoms with Gasteiger partial charge in [0.05, 0.1) is 20.6 Å².